The zero-order valence-corrected chi connectivity index (χ0v) is 70.1. The number of hydrogen-bond donors (Lipinski definition) is 8. The van der Waals surface area contributed by atoms with E-state index >= 15 is 0 Å². The Hall–Kier alpha value is -14.8. The minimum Gasteiger partial charge on any atom is -0.457 e. The second kappa shape index (κ2) is 42.7. The molecule has 16 aromatic carbocycles. The Kier molecular flexibility index (Phi) is 30.4. The monoisotopic (exact) mass is 1620 g/mol. The van der Waals surface area contributed by atoms with Gasteiger partial charge in [0.2, 0.25) is 0 Å². The normalized spacial score (nSPS) is 10.7. The molecular formula is C112H112N8O3. The number of nitrogen functional groups attached to an aromatic ring is 8. The summed E-state index contributed by atoms with van der Waals surface area (Å²) < 4.78 is 11.3. The molecule has 0 radical (unpaired) electrons. The average molecular weight is 1620 g/mol. The molecule has 0 aromatic heterocycles. The number of rotatable bonds is 24. The molecule has 123 heavy (non-hydrogen) atoms. The quantitative estimate of drug-likeness (QED) is 0.0122. The van der Waals surface area contributed by atoms with Crippen molar-refractivity contribution in [3.05, 3.63) is 414 Å². The third-order valence-electron chi connectivity index (χ3n) is 21.7. The van der Waals surface area contributed by atoms with E-state index in [0.717, 1.165) is 90.1 Å². The number of esters is 1. The number of carbonyl (C=O) groups excluding carboxylic acids is 1. The van der Waals surface area contributed by atoms with Crippen LogP contribution in [0.5, 0.6) is 17.2 Å². The Labute approximate surface area is 726 Å². The number of unbranched alkanes of at least 4 members (excludes halogenated alkanes) is 2. The van der Waals surface area contributed by atoms with Gasteiger partial charge in [-0.3, -0.25) is 0 Å². The molecule has 0 amide bonds. The Morgan fingerprint density at radius 2 is 0.504 bits per heavy atom. The molecule has 16 aromatic rings. The second-order valence-electron chi connectivity index (χ2n) is 31.4. The Balaban J connectivity index is 0.000000149. The predicted molar refractivity (Wildman–Crippen MR) is 524 cm³/mol. The molecule has 0 aliphatic carbocycles. The molecule has 16 rings (SSSR count). The lowest BCUT2D eigenvalue weighted by Crippen LogP contribution is -2.11. The summed E-state index contributed by atoms with van der Waals surface area (Å²) >= 11 is 0. The Morgan fingerprint density at radius 3 is 0.829 bits per heavy atom. The predicted octanol–water partition coefficient (Wildman–Crippen LogP) is 27.4. The maximum absolute atomic E-state index is 12.4. The van der Waals surface area contributed by atoms with Gasteiger partial charge in [0, 0.05) is 57.6 Å². The van der Waals surface area contributed by atoms with Crippen molar-refractivity contribution in [3.63, 3.8) is 0 Å². The van der Waals surface area contributed by atoms with Gasteiger partial charge < -0.3 is 55.3 Å². The zero-order chi connectivity index (χ0) is 85.3. The number of benzene rings is 16. The highest BCUT2D eigenvalue weighted by molar-refractivity contribution is 5.97. The van der Waals surface area contributed by atoms with Crippen LogP contribution in [0.4, 0.5) is 45.5 Å². The number of carbonyl (C=O) groups is 1. The van der Waals surface area contributed by atoms with Crippen molar-refractivity contribution in [2.45, 2.75) is 99.3 Å². The van der Waals surface area contributed by atoms with Gasteiger partial charge in [0.15, 0.2) is 0 Å². The fourth-order valence-electron chi connectivity index (χ4n) is 14.7. The lowest BCUT2D eigenvalue weighted by molar-refractivity contribution is 0.0735. The average Bonchev–Trinajstić information content (AvgIpc) is 0.837. The van der Waals surface area contributed by atoms with Crippen LogP contribution in [-0.2, 0) is 32.1 Å². The highest BCUT2D eigenvalue weighted by Gasteiger charge is 2.15. The molecule has 0 aliphatic heterocycles. The first-order chi connectivity index (χ1) is 59.2. The first kappa shape index (κ1) is 87.5. The lowest BCUT2D eigenvalue weighted by Gasteiger charge is -2.09. The summed E-state index contributed by atoms with van der Waals surface area (Å²) in [6.45, 7) is 8.55. The van der Waals surface area contributed by atoms with Crippen LogP contribution in [0.3, 0.4) is 0 Å². The van der Waals surface area contributed by atoms with Crippen molar-refractivity contribution in [1.82, 2.24) is 0 Å². The highest BCUT2D eigenvalue weighted by atomic mass is 16.5. The van der Waals surface area contributed by atoms with Gasteiger partial charge >= 0.3 is 5.97 Å². The van der Waals surface area contributed by atoms with E-state index < -0.39 is 5.97 Å². The van der Waals surface area contributed by atoms with Crippen molar-refractivity contribution in [2.24, 2.45) is 0 Å². The maximum Gasteiger partial charge on any atom is 0.345 e. The highest BCUT2D eigenvalue weighted by Crippen LogP contribution is 2.35. The van der Waals surface area contributed by atoms with E-state index in [1.54, 1.807) is 54.6 Å². The van der Waals surface area contributed by atoms with Crippen molar-refractivity contribution < 1.29 is 14.3 Å². The third kappa shape index (κ3) is 25.4. The molecule has 0 bridgehead atoms. The van der Waals surface area contributed by atoms with Gasteiger partial charge in [-0.25, -0.2) is 4.79 Å². The summed E-state index contributed by atoms with van der Waals surface area (Å²) in [6.07, 6.45) is 11.2. The lowest BCUT2D eigenvalue weighted by atomic mass is 9.98. The van der Waals surface area contributed by atoms with Gasteiger partial charge in [0.25, 0.3) is 0 Å². The van der Waals surface area contributed by atoms with Crippen molar-refractivity contribution >= 4 is 51.5 Å². The SMILES string of the molecule is C.CCCCCc1ccc(-c2ccc(-c3ccc(Oc4cc(N)cc(N)c4)cc3)cc2)cc1.Cc1ccc(-c2ccc(-c3ccc(CCCc4cc(N)cc(N)c4)cc3)cc2)cc1.Cc1ccc(-c2ccc(-c3ccc(CCCc4ccc(N)cc4N)cc3)cc2)cc1.Cc1ccc(-c2ccc(-c3ccc(OC(=O)c4ccc(N)cc4N)cc3)cc2)cc1. The van der Waals surface area contributed by atoms with Crippen LogP contribution in [0, 0.1) is 20.8 Å². The minimum absolute atomic E-state index is 0. The molecule has 16 N–H and O–H groups in total. The van der Waals surface area contributed by atoms with Crippen LogP contribution >= 0.6 is 0 Å². The molecule has 0 unspecified atom stereocenters. The van der Waals surface area contributed by atoms with Gasteiger partial charge in [-0.05, 0) is 268 Å². The van der Waals surface area contributed by atoms with Gasteiger partial charge in [0.05, 0.1) is 5.56 Å². The first-order valence-corrected chi connectivity index (χ1v) is 41.9. The van der Waals surface area contributed by atoms with E-state index in [1.807, 2.05) is 54.6 Å². The second-order valence-corrected chi connectivity index (χ2v) is 31.4. The van der Waals surface area contributed by atoms with Crippen molar-refractivity contribution in [2.75, 3.05) is 45.9 Å². The molecule has 0 heterocycles. The number of hydrogen-bond acceptors (Lipinski definition) is 11. The zero-order valence-electron chi connectivity index (χ0n) is 70.1. The number of ether oxygens (including phenoxy) is 2. The summed E-state index contributed by atoms with van der Waals surface area (Å²) in [5.41, 5.74) is 81.6. The summed E-state index contributed by atoms with van der Waals surface area (Å²) in [6, 6.07) is 124. The molecule has 11 heteroatoms. The molecule has 0 aliphatic rings. The summed E-state index contributed by atoms with van der Waals surface area (Å²) in [7, 11) is 0. The number of aryl methyl sites for hydroxylation is 8. The van der Waals surface area contributed by atoms with E-state index in [4.69, 9.17) is 55.3 Å². The topological polar surface area (TPSA) is 244 Å². The van der Waals surface area contributed by atoms with E-state index in [0.29, 0.717) is 39.8 Å². The van der Waals surface area contributed by atoms with Crippen LogP contribution < -0.4 is 55.3 Å². The Morgan fingerprint density at radius 1 is 0.236 bits per heavy atom. The molecular weight excluding hydrogens is 1510 g/mol. The van der Waals surface area contributed by atoms with Crippen molar-refractivity contribution in [1.29, 1.82) is 0 Å². The number of nitrogens with two attached hydrogens (primary N) is 8. The van der Waals surface area contributed by atoms with Crippen LogP contribution in [0.25, 0.3) is 89.0 Å². The van der Waals surface area contributed by atoms with E-state index in [2.05, 4.69) is 282 Å². The van der Waals surface area contributed by atoms with Gasteiger partial charge in [-0.2, -0.15) is 0 Å². The fourth-order valence-corrected chi connectivity index (χ4v) is 14.7. The molecule has 0 spiro atoms. The Bertz CT molecular complexity index is 6020. The number of anilines is 8. The molecule has 618 valence electrons. The molecule has 0 atom stereocenters. The molecule has 11 nitrogen and oxygen atoms in total. The summed E-state index contributed by atoms with van der Waals surface area (Å²) in [5, 5.41) is 0. The first-order valence-electron chi connectivity index (χ1n) is 41.9. The molecule has 0 saturated carbocycles. The maximum atomic E-state index is 12.4. The summed E-state index contributed by atoms with van der Waals surface area (Å²) in [4.78, 5) is 12.4. The standard InChI is InChI=1S/C29H30N2O.2C28H28N2.C26H22N2O2.CH4/c1-2-3-4-5-21-6-8-22(9-7-21)23-10-12-24(13-11-23)25-14-16-28(17-15-25)32-29-19-26(30)18-27(31)20-29;1-20-5-9-23(10-6-20)25-13-15-26(16-14-25)24-11-7-21(8-12-24)3-2-4-22-17-27(29)19-28(30)18-22;1-20-5-9-22(10-6-20)24-13-15-25(16-14-24)23-11-7-21(8-12-23)3-2-4-26-17-18-27(29)19-28(26)30;1-17-2-4-18(5-3-17)19-6-8-20(9-7-19)21-10-13-23(14-11-21)30-26(29)24-15-12-22(27)16-25(24)28;/h6-20H,2-5,30-31H2,1H3;2*5-19H,2-4,29-30H2,1H3;2-16H,27-28H2,1H3;1H4. The van der Waals surface area contributed by atoms with E-state index in [1.165, 1.54) is 136 Å². The summed E-state index contributed by atoms with van der Waals surface area (Å²) in [5.74, 6) is 1.32. The van der Waals surface area contributed by atoms with Gasteiger partial charge in [0.1, 0.15) is 17.2 Å². The van der Waals surface area contributed by atoms with E-state index in [-0.39, 0.29) is 7.43 Å². The van der Waals surface area contributed by atoms with Gasteiger partial charge in [-0.15, -0.1) is 0 Å². The van der Waals surface area contributed by atoms with Crippen LogP contribution in [0.1, 0.15) is 101 Å². The molecule has 0 fully saturated rings. The smallest absolute Gasteiger partial charge is 0.345 e. The van der Waals surface area contributed by atoms with E-state index in [9.17, 15) is 4.79 Å². The minimum atomic E-state index is -0.511. The largest absolute Gasteiger partial charge is 0.457 e. The van der Waals surface area contributed by atoms with Crippen molar-refractivity contribution in [3.8, 4) is 106 Å². The third-order valence-corrected chi connectivity index (χ3v) is 21.7. The van der Waals surface area contributed by atoms with Crippen LogP contribution in [0.15, 0.2) is 364 Å². The van der Waals surface area contributed by atoms with Crippen LogP contribution in [0.2, 0.25) is 0 Å². The van der Waals surface area contributed by atoms with Crippen LogP contribution in [-0.4, -0.2) is 5.97 Å². The van der Waals surface area contributed by atoms with Gasteiger partial charge in [-0.1, -0.05) is 317 Å². The molecule has 0 saturated heterocycles. The fraction of sp³-hybridized carbons (Fsp3) is 0.134.